The van der Waals surface area contributed by atoms with Gasteiger partial charge in [-0.3, -0.25) is 4.79 Å². The van der Waals surface area contributed by atoms with Crippen molar-refractivity contribution in [3.63, 3.8) is 0 Å². The molecular weight excluding hydrogens is 397 g/mol. The molecule has 1 aromatic carbocycles. The normalized spacial score (nSPS) is 20.0. The predicted octanol–water partition coefficient (Wildman–Crippen LogP) is 4.56. The Morgan fingerprint density at radius 2 is 1.80 bits per heavy atom. The molecule has 0 aromatic heterocycles. The summed E-state index contributed by atoms with van der Waals surface area (Å²) >= 11 is 0. The fourth-order valence-electron chi connectivity index (χ4n) is 3.71. The van der Waals surface area contributed by atoms with Crippen molar-refractivity contribution in [3.8, 4) is 0 Å². The van der Waals surface area contributed by atoms with Gasteiger partial charge in [0.2, 0.25) is 0 Å². The maximum Gasteiger partial charge on any atom is 0.471 e. The van der Waals surface area contributed by atoms with E-state index in [-0.39, 0.29) is 18.4 Å². The standard InChI is InChI=1S/C22H31F3N2O3/c1-21(2,3)30-20(29)27-13-12-17(14-26-19(28)22(23,24)25)18(15-27)11-7-10-16-8-5-4-6-9-16/h4-6,8-9,17-18H,7,10-15H2,1-3H3,(H,26,28). The Hall–Kier alpha value is -2.25. The highest BCUT2D eigenvalue weighted by molar-refractivity contribution is 5.81. The number of rotatable bonds is 6. The molecule has 1 N–H and O–H groups in total. The number of amides is 2. The zero-order chi connectivity index (χ0) is 22.4. The Morgan fingerprint density at radius 1 is 1.13 bits per heavy atom. The smallest absolute Gasteiger partial charge is 0.444 e. The van der Waals surface area contributed by atoms with Crippen molar-refractivity contribution in [2.45, 2.75) is 58.2 Å². The summed E-state index contributed by atoms with van der Waals surface area (Å²) < 4.78 is 43.1. The largest absolute Gasteiger partial charge is 0.471 e. The second-order valence-corrected chi connectivity index (χ2v) is 8.82. The number of piperidine rings is 1. The van der Waals surface area contributed by atoms with E-state index in [2.05, 4.69) is 0 Å². The van der Waals surface area contributed by atoms with Gasteiger partial charge < -0.3 is 15.0 Å². The third-order valence-electron chi connectivity index (χ3n) is 5.21. The lowest BCUT2D eigenvalue weighted by Gasteiger charge is -2.39. The van der Waals surface area contributed by atoms with Crippen LogP contribution in [0.25, 0.3) is 0 Å². The molecule has 1 aliphatic heterocycles. The molecular formula is C22H31F3N2O3. The molecule has 0 spiro atoms. The number of alkyl halides is 3. The lowest BCUT2D eigenvalue weighted by molar-refractivity contribution is -0.173. The molecule has 2 amide bonds. The van der Waals surface area contributed by atoms with Crippen LogP contribution in [0.15, 0.2) is 30.3 Å². The molecule has 2 unspecified atom stereocenters. The quantitative estimate of drug-likeness (QED) is 0.723. The average Bonchev–Trinajstić information content (AvgIpc) is 2.65. The van der Waals surface area contributed by atoms with E-state index in [1.54, 1.807) is 25.7 Å². The first-order chi connectivity index (χ1) is 14.0. The molecule has 0 radical (unpaired) electrons. The molecule has 5 nitrogen and oxygen atoms in total. The first kappa shape index (κ1) is 24.0. The molecule has 30 heavy (non-hydrogen) atoms. The number of ether oxygens (including phenoxy) is 1. The first-order valence-electron chi connectivity index (χ1n) is 10.3. The lowest BCUT2D eigenvalue weighted by Crippen LogP contribution is -2.49. The van der Waals surface area contributed by atoms with E-state index in [9.17, 15) is 22.8 Å². The second-order valence-electron chi connectivity index (χ2n) is 8.82. The molecule has 0 saturated carbocycles. The molecule has 1 aromatic rings. The number of aryl methyl sites for hydroxylation is 1. The SMILES string of the molecule is CC(C)(C)OC(=O)N1CCC(CNC(=O)C(F)(F)F)C(CCCc2ccccc2)C1. The van der Waals surface area contributed by atoms with Crippen LogP contribution in [0.2, 0.25) is 0 Å². The molecule has 168 valence electrons. The molecule has 1 fully saturated rings. The van der Waals surface area contributed by atoms with Crippen LogP contribution in [0.3, 0.4) is 0 Å². The van der Waals surface area contributed by atoms with Crippen LogP contribution >= 0.6 is 0 Å². The third-order valence-corrected chi connectivity index (χ3v) is 5.21. The van der Waals surface area contributed by atoms with Gasteiger partial charge in [0.1, 0.15) is 5.60 Å². The van der Waals surface area contributed by atoms with Crippen molar-refractivity contribution in [2.75, 3.05) is 19.6 Å². The fraction of sp³-hybridized carbons (Fsp3) is 0.636. The zero-order valence-electron chi connectivity index (χ0n) is 17.8. The predicted molar refractivity (Wildman–Crippen MR) is 108 cm³/mol. The highest BCUT2D eigenvalue weighted by Gasteiger charge is 2.40. The summed E-state index contributed by atoms with van der Waals surface area (Å²) in [4.78, 5) is 25.3. The lowest BCUT2D eigenvalue weighted by atomic mass is 9.82. The van der Waals surface area contributed by atoms with E-state index >= 15 is 0 Å². The van der Waals surface area contributed by atoms with E-state index in [0.717, 1.165) is 19.3 Å². The number of hydrogen-bond donors (Lipinski definition) is 1. The van der Waals surface area contributed by atoms with Gasteiger partial charge >= 0.3 is 18.2 Å². The summed E-state index contributed by atoms with van der Waals surface area (Å²) in [5, 5.41) is 2.01. The van der Waals surface area contributed by atoms with Crippen molar-refractivity contribution in [1.82, 2.24) is 10.2 Å². The van der Waals surface area contributed by atoms with E-state index in [0.29, 0.717) is 19.5 Å². The minimum absolute atomic E-state index is 0.0106. The number of nitrogens with one attached hydrogen (secondary N) is 1. The molecule has 0 aliphatic carbocycles. The van der Waals surface area contributed by atoms with Crippen molar-refractivity contribution in [3.05, 3.63) is 35.9 Å². The van der Waals surface area contributed by atoms with Gasteiger partial charge in [-0.1, -0.05) is 30.3 Å². The van der Waals surface area contributed by atoms with E-state index in [1.807, 2.05) is 35.6 Å². The van der Waals surface area contributed by atoms with Crippen LogP contribution in [0, 0.1) is 11.8 Å². The highest BCUT2D eigenvalue weighted by atomic mass is 19.4. The summed E-state index contributed by atoms with van der Waals surface area (Å²) in [6.07, 6.45) is -2.33. The number of carbonyl (C=O) groups excluding carboxylic acids is 2. The third kappa shape index (κ3) is 7.88. The van der Waals surface area contributed by atoms with Gasteiger partial charge in [-0.2, -0.15) is 13.2 Å². The van der Waals surface area contributed by atoms with Gasteiger partial charge in [0.15, 0.2) is 0 Å². The Labute approximate surface area is 176 Å². The van der Waals surface area contributed by atoms with Gasteiger partial charge in [-0.05, 0) is 63.9 Å². The van der Waals surface area contributed by atoms with Gasteiger partial charge in [0.25, 0.3) is 0 Å². The van der Waals surface area contributed by atoms with Gasteiger partial charge in [-0.25, -0.2) is 4.79 Å². The van der Waals surface area contributed by atoms with Gasteiger partial charge in [0.05, 0.1) is 0 Å². The van der Waals surface area contributed by atoms with Crippen LogP contribution in [0.5, 0.6) is 0 Å². The maximum absolute atomic E-state index is 12.5. The van der Waals surface area contributed by atoms with E-state index in [4.69, 9.17) is 4.74 Å². The second kappa shape index (κ2) is 10.2. The molecule has 8 heteroatoms. The Bertz CT molecular complexity index is 702. The monoisotopic (exact) mass is 428 g/mol. The summed E-state index contributed by atoms with van der Waals surface area (Å²) in [6.45, 7) is 6.15. The Balaban J connectivity index is 1.98. The van der Waals surface area contributed by atoms with Crippen molar-refractivity contribution >= 4 is 12.0 Å². The van der Waals surface area contributed by atoms with E-state index < -0.39 is 23.8 Å². The minimum atomic E-state index is -4.89. The topological polar surface area (TPSA) is 58.6 Å². The maximum atomic E-state index is 12.5. The highest BCUT2D eigenvalue weighted by Crippen LogP contribution is 2.29. The van der Waals surface area contributed by atoms with Crippen LogP contribution in [-0.2, 0) is 16.0 Å². The average molecular weight is 428 g/mol. The number of likely N-dealkylation sites (tertiary alicyclic amines) is 1. The van der Waals surface area contributed by atoms with E-state index in [1.165, 1.54) is 5.56 Å². The molecule has 0 bridgehead atoms. The number of nitrogens with zero attached hydrogens (tertiary/aromatic N) is 1. The van der Waals surface area contributed by atoms with Crippen molar-refractivity contribution < 1.29 is 27.5 Å². The first-order valence-corrected chi connectivity index (χ1v) is 10.3. The van der Waals surface area contributed by atoms with Crippen LogP contribution in [0.4, 0.5) is 18.0 Å². The number of hydrogen-bond acceptors (Lipinski definition) is 3. The summed E-state index contributed by atoms with van der Waals surface area (Å²) in [6, 6.07) is 9.96. The summed E-state index contributed by atoms with van der Waals surface area (Å²) in [5.41, 5.74) is 0.580. The van der Waals surface area contributed by atoms with Crippen LogP contribution in [0.1, 0.15) is 45.6 Å². The molecule has 1 aliphatic rings. The molecule has 2 rings (SSSR count). The molecule has 2 atom stereocenters. The van der Waals surface area contributed by atoms with Crippen LogP contribution in [-0.4, -0.2) is 48.3 Å². The zero-order valence-corrected chi connectivity index (χ0v) is 17.8. The van der Waals surface area contributed by atoms with Crippen LogP contribution < -0.4 is 5.32 Å². The number of benzene rings is 1. The Morgan fingerprint density at radius 3 is 2.40 bits per heavy atom. The molecule has 1 saturated heterocycles. The van der Waals surface area contributed by atoms with Gasteiger partial charge in [0, 0.05) is 19.6 Å². The van der Waals surface area contributed by atoms with Crippen molar-refractivity contribution in [2.24, 2.45) is 11.8 Å². The van der Waals surface area contributed by atoms with Gasteiger partial charge in [-0.15, -0.1) is 0 Å². The number of carbonyl (C=O) groups is 2. The fourth-order valence-corrected chi connectivity index (χ4v) is 3.71. The minimum Gasteiger partial charge on any atom is -0.444 e. The summed E-state index contributed by atoms with van der Waals surface area (Å²) in [7, 11) is 0. The Kier molecular flexibility index (Phi) is 8.15. The summed E-state index contributed by atoms with van der Waals surface area (Å²) in [5.74, 6) is -2.05. The number of halogens is 3. The van der Waals surface area contributed by atoms with Crippen molar-refractivity contribution in [1.29, 1.82) is 0 Å². The molecule has 1 heterocycles.